The summed E-state index contributed by atoms with van der Waals surface area (Å²) in [6.07, 6.45) is 0. The topological polar surface area (TPSA) is 63.5 Å². The summed E-state index contributed by atoms with van der Waals surface area (Å²) in [5.74, 6) is 0.247. The Balaban J connectivity index is 1.54. The van der Waals surface area contributed by atoms with Crippen LogP contribution in [-0.2, 0) is 5.75 Å². The van der Waals surface area contributed by atoms with Crippen LogP contribution in [0.4, 0.5) is 5.69 Å². The summed E-state index contributed by atoms with van der Waals surface area (Å²) in [4.78, 5) is 31.1. The van der Waals surface area contributed by atoms with Crippen molar-refractivity contribution in [3.05, 3.63) is 92.3 Å². The van der Waals surface area contributed by atoms with Gasteiger partial charge in [0.05, 0.1) is 22.0 Å². The molecule has 0 aliphatic rings. The lowest BCUT2D eigenvalue weighted by molar-refractivity contribution is 0.102. The van der Waals surface area contributed by atoms with Crippen LogP contribution in [0.1, 0.15) is 21.7 Å². The van der Waals surface area contributed by atoms with Crippen molar-refractivity contribution < 1.29 is 4.79 Å². The number of benzene rings is 2. The molecule has 1 N–H and O–H groups in total. The molecule has 0 fully saturated rings. The fraction of sp³-hybridized carbons (Fsp3) is 0.0952. The van der Waals surface area contributed by atoms with Crippen molar-refractivity contribution in [2.24, 2.45) is 0 Å². The molecule has 4 aromatic rings. The summed E-state index contributed by atoms with van der Waals surface area (Å²) < 4.78 is 1.61. The lowest BCUT2D eigenvalue weighted by Crippen LogP contribution is -2.15. The number of fused-ring (bicyclic) bond motifs is 1. The minimum atomic E-state index is -0.268. The molecule has 29 heavy (non-hydrogen) atoms. The Labute approximate surface area is 180 Å². The van der Waals surface area contributed by atoms with Crippen molar-refractivity contribution in [1.29, 1.82) is 0 Å². The van der Waals surface area contributed by atoms with Crippen molar-refractivity contribution in [2.75, 3.05) is 5.32 Å². The summed E-state index contributed by atoms with van der Waals surface area (Å²) in [5, 5.41) is 5.24. The smallest absolute Gasteiger partial charge is 0.258 e. The maximum atomic E-state index is 12.6. The van der Waals surface area contributed by atoms with E-state index in [2.05, 4.69) is 10.3 Å². The number of anilines is 1. The molecule has 2 aromatic carbocycles. The molecule has 2 aromatic heterocycles. The minimum absolute atomic E-state index is 0.0790. The molecule has 0 saturated carbocycles. The van der Waals surface area contributed by atoms with Crippen LogP contribution in [0.2, 0.25) is 5.02 Å². The molecular formula is C21H16ClN3O2S2. The van der Waals surface area contributed by atoms with E-state index in [1.807, 2.05) is 36.6 Å². The predicted octanol–water partition coefficient (Wildman–Crippen LogP) is 5.26. The molecule has 0 aliphatic heterocycles. The third kappa shape index (κ3) is 4.22. The zero-order chi connectivity index (χ0) is 20.4. The summed E-state index contributed by atoms with van der Waals surface area (Å²) in [5.41, 5.74) is 2.61. The van der Waals surface area contributed by atoms with Crippen molar-refractivity contribution >= 4 is 51.3 Å². The number of halogens is 1. The Hall–Kier alpha value is -2.61. The zero-order valence-electron chi connectivity index (χ0n) is 15.4. The van der Waals surface area contributed by atoms with E-state index in [-0.39, 0.29) is 11.5 Å². The SMILES string of the molecule is Cc1csc2nc(CSc3ccccc3NC(=O)c3ccccc3Cl)cc(=O)n12. The second-order valence-corrected chi connectivity index (χ2v) is 8.56. The first kappa shape index (κ1) is 19.7. The summed E-state index contributed by atoms with van der Waals surface area (Å²) >= 11 is 9.09. The molecule has 2 heterocycles. The van der Waals surface area contributed by atoms with Crippen molar-refractivity contribution in [3.63, 3.8) is 0 Å². The van der Waals surface area contributed by atoms with Gasteiger partial charge in [0.2, 0.25) is 0 Å². The van der Waals surface area contributed by atoms with Gasteiger partial charge in [-0.05, 0) is 31.2 Å². The molecule has 146 valence electrons. The van der Waals surface area contributed by atoms with Gasteiger partial charge < -0.3 is 5.32 Å². The lowest BCUT2D eigenvalue weighted by atomic mass is 10.2. The molecule has 0 aliphatic carbocycles. The first-order valence-corrected chi connectivity index (χ1v) is 11.0. The Morgan fingerprint density at radius 2 is 1.97 bits per heavy atom. The van der Waals surface area contributed by atoms with Gasteiger partial charge in [-0.2, -0.15) is 0 Å². The summed E-state index contributed by atoms with van der Waals surface area (Å²) in [7, 11) is 0. The molecule has 0 atom stereocenters. The third-order valence-electron chi connectivity index (χ3n) is 4.26. The van der Waals surface area contributed by atoms with Crippen LogP contribution in [0.15, 0.2) is 69.7 Å². The lowest BCUT2D eigenvalue weighted by Gasteiger charge is -2.11. The number of carbonyl (C=O) groups is 1. The van der Waals surface area contributed by atoms with Crippen LogP contribution in [0.5, 0.6) is 0 Å². The largest absolute Gasteiger partial charge is 0.321 e. The zero-order valence-corrected chi connectivity index (χ0v) is 17.8. The first-order chi connectivity index (χ1) is 14.0. The molecule has 0 radical (unpaired) electrons. The van der Waals surface area contributed by atoms with Crippen LogP contribution in [0, 0.1) is 6.92 Å². The molecule has 0 saturated heterocycles. The molecule has 0 unspecified atom stereocenters. The van der Waals surface area contributed by atoms with Gasteiger partial charge in [-0.15, -0.1) is 23.1 Å². The van der Waals surface area contributed by atoms with E-state index in [4.69, 9.17) is 11.6 Å². The fourth-order valence-corrected chi connectivity index (χ4v) is 4.87. The highest BCUT2D eigenvalue weighted by molar-refractivity contribution is 7.98. The number of nitrogens with zero attached hydrogens (tertiary/aromatic N) is 2. The fourth-order valence-electron chi connectivity index (χ4n) is 2.86. The van der Waals surface area contributed by atoms with Gasteiger partial charge in [-0.1, -0.05) is 35.9 Å². The number of thiazole rings is 1. The van der Waals surface area contributed by atoms with Crippen LogP contribution in [0.25, 0.3) is 4.96 Å². The highest BCUT2D eigenvalue weighted by Crippen LogP contribution is 2.30. The van der Waals surface area contributed by atoms with Gasteiger partial charge in [0.1, 0.15) is 0 Å². The average molecular weight is 442 g/mol. The number of thioether (sulfide) groups is 1. The van der Waals surface area contributed by atoms with E-state index in [1.165, 1.54) is 23.1 Å². The number of aromatic nitrogens is 2. The van der Waals surface area contributed by atoms with Gasteiger partial charge in [0.15, 0.2) is 4.96 Å². The Morgan fingerprint density at radius 3 is 2.79 bits per heavy atom. The predicted molar refractivity (Wildman–Crippen MR) is 119 cm³/mol. The second kappa shape index (κ2) is 8.41. The van der Waals surface area contributed by atoms with E-state index in [9.17, 15) is 9.59 Å². The molecule has 0 bridgehead atoms. The van der Waals surface area contributed by atoms with E-state index < -0.39 is 0 Å². The van der Waals surface area contributed by atoms with Crippen molar-refractivity contribution in [1.82, 2.24) is 9.38 Å². The maximum absolute atomic E-state index is 12.6. The van der Waals surface area contributed by atoms with Crippen LogP contribution < -0.4 is 10.9 Å². The summed E-state index contributed by atoms with van der Waals surface area (Å²) in [6, 6.07) is 16.0. The van der Waals surface area contributed by atoms with Gasteiger partial charge in [0, 0.05) is 27.8 Å². The van der Waals surface area contributed by atoms with E-state index in [1.54, 1.807) is 34.7 Å². The number of hydrogen-bond acceptors (Lipinski definition) is 5. The number of hydrogen-bond donors (Lipinski definition) is 1. The number of amides is 1. The van der Waals surface area contributed by atoms with Crippen molar-refractivity contribution in [2.45, 2.75) is 17.6 Å². The standard InChI is InChI=1S/C21H16ClN3O2S2/c1-13-11-29-21-23-14(10-19(26)25(13)21)12-28-18-9-5-4-8-17(18)24-20(27)15-6-2-3-7-16(15)22/h2-11H,12H2,1H3,(H,24,27). The molecule has 5 nitrogen and oxygen atoms in total. The number of rotatable bonds is 5. The third-order valence-corrected chi connectivity index (χ3v) is 6.64. The number of para-hydroxylation sites is 1. The molecule has 1 amide bonds. The molecule has 0 spiro atoms. The highest BCUT2D eigenvalue weighted by atomic mass is 35.5. The van der Waals surface area contributed by atoms with E-state index in [0.717, 1.165) is 10.6 Å². The first-order valence-electron chi connectivity index (χ1n) is 8.77. The molecule has 4 rings (SSSR count). The highest BCUT2D eigenvalue weighted by Gasteiger charge is 2.13. The Morgan fingerprint density at radius 1 is 1.21 bits per heavy atom. The van der Waals surface area contributed by atoms with Crippen molar-refractivity contribution in [3.8, 4) is 0 Å². The van der Waals surface area contributed by atoms with Crippen LogP contribution in [0.3, 0.4) is 0 Å². The van der Waals surface area contributed by atoms with E-state index >= 15 is 0 Å². The maximum Gasteiger partial charge on any atom is 0.258 e. The van der Waals surface area contributed by atoms with Gasteiger partial charge in [-0.25, -0.2) is 4.98 Å². The number of aryl methyl sites for hydroxylation is 1. The minimum Gasteiger partial charge on any atom is -0.321 e. The summed E-state index contributed by atoms with van der Waals surface area (Å²) in [6.45, 7) is 1.89. The Bertz CT molecular complexity index is 1270. The quantitative estimate of drug-likeness (QED) is 0.429. The number of nitrogens with one attached hydrogen (secondary N) is 1. The Kier molecular flexibility index (Phi) is 5.71. The molecular weight excluding hydrogens is 426 g/mol. The normalized spacial score (nSPS) is 11.0. The molecule has 8 heteroatoms. The van der Waals surface area contributed by atoms with Crippen LogP contribution in [-0.4, -0.2) is 15.3 Å². The monoisotopic (exact) mass is 441 g/mol. The number of carbonyl (C=O) groups excluding carboxylic acids is 1. The second-order valence-electron chi connectivity index (χ2n) is 6.30. The van der Waals surface area contributed by atoms with Crippen LogP contribution >= 0.6 is 34.7 Å². The van der Waals surface area contributed by atoms with Gasteiger partial charge in [-0.3, -0.25) is 14.0 Å². The van der Waals surface area contributed by atoms with E-state index in [0.29, 0.717) is 32.7 Å². The average Bonchev–Trinajstić information content (AvgIpc) is 3.09. The van der Waals surface area contributed by atoms with Gasteiger partial charge in [0.25, 0.3) is 11.5 Å². The van der Waals surface area contributed by atoms with Gasteiger partial charge >= 0.3 is 0 Å².